The van der Waals surface area contributed by atoms with E-state index in [1.807, 2.05) is 64.8 Å². The van der Waals surface area contributed by atoms with Crippen LogP contribution in [0.15, 0.2) is 60.7 Å². The Kier molecular flexibility index (Phi) is 12.2. The lowest BCUT2D eigenvalue weighted by atomic mass is 10.1. The molecule has 0 aromatic heterocycles. The van der Waals surface area contributed by atoms with Crippen molar-refractivity contribution in [2.45, 2.75) is 36.8 Å². The van der Waals surface area contributed by atoms with Gasteiger partial charge in [-0.1, -0.05) is 60.7 Å². The van der Waals surface area contributed by atoms with Crippen molar-refractivity contribution in [2.24, 2.45) is 0 Å². The molecule has 2 aromatic carbocycles. The van der Waals surface area contributed by atoms with Crippen LogP contribution in [-0.2, 0) is 21.1 Å². The number of rotatable bonds is 16. The summed E-state index contributed by atoms with van der Waals surface area (Å²) in [4.78, 5) is 24.7. The quantitative estimate of drug-likeness (QED) is 0.346. The van der Waals surface area contributed by atoms with E-state index in [0.717, 1.165) is 35.9 Å². The van der Waals surface area contributed by atoms with Crippen LogP contribution in [0, 0.1) is 0 Å². The first-order chi connectivity index (χ1) is 15.1. The molecule has 0 spiro atoms. The highest BCUT2D eigenvalue weighted by molar-refractivity contribution is 7.98. The number of hydrogen-bond donors (Lipinski definition) is 2. The number of benzene rings is 2. The topological polar surface area (TPSA) is 77.8 Å². The molecular weight excluding hydrogens is 430 g/mol. The lowest BCUT2D eigenvalue weighted by Gasteiger charge is -2.28. The van der Waals surface area contributed by atoms with E-state index in [9.17, 15) is 14.7 Å². The van der Waals surface area contributed by atoms with Crippen molar-refractivity contribution < 1.29 is 19.8 Å². The van der Waals surface area contributed by atoms with Gasteiger partial charge in [0.1, 0.15) is 6.04 Å². The average molecular weight is 462 g/mol. The van der Waals surface area contributed by atoms with E-state index in [1.54, 1.807) is 0 Å². The SMILES string of the molecule is O=C(O)C[C@@H](C(=O)O)N(CCCSCc1ccccc1)CCCSCc1ccccc1. The highest BCUT2D eigenvalue weighted by atomic mass is 32.2. The lowest BCUT2D eigenvalue weighted by molar-refractivity contribution is -0.149. The summed E-state index contributed by atoms with van der Waals surface area (Å²) in [6.45, 7) is 1.19. The predicted molar refractivity (Wildman–Crippen MR) is 130 cm³/mol. The molecule has 7 heteroatoms. The second kappa shape index (κ2) is 14.9. The van der Waals surface area contributed by atoms with Gasteiger partial charge >= 0.3 is 11.9 Å². The van der Waals surface area contributed by atoms with Crippen LogP contribution in [0.3, 0.4) is 0 Å². The molecule has 2 rings (SSSR count). The van der Waals surface area contributed by atoms with Crippen LogP contribution in [-0.4, -0.2) is 57.7 Å². The molecule has 31 heavy (non-hydrogen) atoms. The van der Waals surface area contributed by atoms with E-state index in [1.165, 1.54) is 11.1 Å². The van der Waals surface area contributed by atoms with Crippen molar-refractivity contribution >= 4 is 35.5 Å². The molecular formula is C24H31NO4S2. The van der Waals surface area contributed by atoms with E-state index in [2.05, 4.69) is 24.3 Å². The molecule has 0 aliphatic heterocycles. The maximum absolute atomic E-state index is 11.7. The van der Waals surface area contributed by atoms with Crippen LogP contribution >= 0.6 is 23.5 Å². The zero-order valence-electron chi connectivity index (χ0n) is 17.7. The first-order valence-corrected chi connectivity index (χ1v) is 12.8. The summed E-state index contributed by atoms with van der Waals surface area (Å²) in [6.07, 6.45) is 1.29. The molecule has 0 aliphatic rings. The predicted octanol–water partition coefficient (Wildman–Crippen LogP) is 4.86. The van der Waals surface area contributed by atoms with E-state index >= 15 is 0 Å². The van der Waals surface area contributed by atoms with Gasteiger partial charge in [0, 0.05) is 11.5 Å². The molecule has 0 amide bonds. The Hall–Kier alpha value is -1.96. The minimum Gasteiger partial charge on any atom is -0.481 e. The van der Waals surface area contributed by atoms with E-state index in [4.69, 9.17) is 5.11 Å². The highest BCUT2D eigenvalue weighted by Gasteiger charge is 2.27. The van der Waals surface area contributed by atoms with E-state index < -0.39 is 18.0 Å². The molecule has 0 unspecified atom stereocenters. The summed E-state index contributed by atoms with van der Waals surface area (Å²) in [5.74, 6) is 1.54. The van der Waals surface area contributed by atoms with Gasteiger partial charge in [0.2, 0.25) is 0 Å². The monoisotopic (exact) mass is 461 g/mol. The minimum atomic E-state index is -1.07. The van der Waals surface area contributed by atoms with Crippen molar-refractivity contribution in [3.63, 3.8) is 0 Å². The smallest absolute Gasteiger partial charge is 0.321 e. The molecule has 1 atom stereocenters. The van der Waals surface area contributed by atoms with Gasteiger partial charge in [0.25, 0.3) is 0 Å². The van der Waals surface area contributed by atoms with Gasteiger partial charge < -0.3 is 10.2 Å². The van der Waals surface area contributed by atoms with Gasteiger partial charge in [0.05, 0.1) is 6.42 Å². The largest absolute Gasteiger partial charge is 0.481 e. The molecule has 2 N–H and O–H groups in total. The summed E-state index contributed by atoms with van der Waals surface area (Å²) in [6, 6.07) is 19.5. The minimum absolute atomic E-state index is 0.371. The Balaban J connectivity index is 1.77. The van der Waals surface area contributed by atoms with Crippen molar-refractivity contribution in [2.75, 3.05) is 24.6 Å². The fourth-order valence-corrected chi connectivity index (χ4v) is 5.04. The number of aliphatic carboxylic acids is 2. The fourth-order valence-electron chi connectivity index (χ4n) is 3.23. The van der Waals surface area contributed by atoms with E-state index in [0.29, 0.717) is 13.1 Å². The summed E-state index contributed by atoms with van der Waals surface area (Å²) in [5.41, 5.74) is 2.54. The number of carboxylic acids is 2. The van der Waals surface area contributed by atoms with Crippen molar-refractivity contribution in [1.82, 2.24) is 4.90 Å². The number of carboxylic acid groups (broad SMARTS) is 2. The molecule has 0 bridgehead atoms. The van der Waals surface area contributed by atoms with Crippen LogP contribution in [0.1, 0.15) is 30.4 Å². The van der Waals surface area contributed by atoms with Gasteiger partial charge in [-0.2, -0.15) is 23.5 Å². The summed E-state index contributed by atoms with van der Waals surface area (Å²) < 4.78 is 0. The van der Waals surface area contributed by atoms with Gasteiger partial charge in [-0.05, 0) is 48.6 Å². The summed E-state index contributed by atoms with van der Waals surface area (Å²) in [7, 11) is 0. The summed E-state index contributed by atoms with van der Waals surface area (Å²) >= 11 is 3.63. The highest BCUT2D eigenvalue weighted by Crippen LogP contribution is 2.16. The van der Waals surface area contributed by atoms with Gasteiger partial charge in [-0.15, -0.1) is 0 Å². The Morgan fingerprint density at radius 3 is 1.61 bits per heavy atom. The third-order valence-electron chi connectivity index (χ3n) is 4.78. The van der Waals surface area contributed by atoms with E-state index in [-0.39, 0.29) is 6.42 Å². The Morgan fingerprint density at radius 2 is 1.23 bits per heavy atom. The molecule has 0 fully saturated rings. The van der Waals surface area contributed by atoms with Crippen LogP contribution < -0.4 is 0 Å². The first-order valence-electron chi connectivity index (χ1n) is 10.5. The van der Waals surface area contributed by atoms with Crippen LogP contribution in [0.5, 0.6) is 0 Å². The van der Waals surface area contributed by atoms with Crippen molar-refractivity contribution in [3.05, 3.63) is 71.8 Å². The maximum Gasteiger partial charge on any atom is 0.321 e. The molecule has 0 saturated heterocycles. The van der Waals surface area contributed by atoms with Crippen molar-refractivity contribution in [3.8, 4) is 0 Å². The van der Waals surface area contributed by atoms with Crippen molar-refractivity contribution in [1.29, 1.82) is 0 Å². The molecule has 0 aliphatic carbocycles. The zero-order valence-corrected chi connectivity index (χ0v) is 19.3. The third kappa shape index (κ3) is 10.8. The number of nitrogens with zero attached hydrogens (tertiary/aromatic N) is 1. The van der Waals surface area contributed by atoms with Crippen LogP contribution in [0.2, 0.25) is 0 Å². The van der Waals surface area contributed by atoms with Gasteiger partial charge in [-0.3, -0.25) is 14.5 Å². The first kappa shape index (κ1) is 25.3. The van der Waals surface area contributed by atoms with Gasteiger partial charge in [0.15, 0.2) is 0 Å². The Bertz CT molecular complexity index is 724. The molecule has 0 radical (unpaired) electrons. The van der Waals surface area contributed by atoms with Crippen LogP contribution in [0.25, 0.3) is 0 Å². The summed E-state index contributed by atoms with van der Waals surface area (Å²) in [5, 5.41) is 18.7. The zero-order chi connectivity index (χ0) is 22.3. The molecule has 2 aromatic rings. The second-order valence-corrected chi connectivity index (χ2v) is 9.48. The third-order valence-corrected chi connectivity index (χ3v) is 7.01. The van der Waals surface area contributed by atoms with Gasteiger partial charge in [-0.25, -0.2) is 0 Å². The normalized spacial score (nSPS) is 12.0. The lowest BCUT2D eigenvalue weighted by Crippen LogP contribution is -2.44. The molecule has 0 heterocycles. The maximum atomic E-state index is 11.7. The second-order valence-electron chi connectivity index (χ2n) is 7.27. The Labute approximate surface area is 193 Å². The molecule has 5 nitrogen and oxygen atoms in total. The fraction of sp³-hybridized carbons (Fsp3) is 0.417. The number of thioether (sulfide) groups is 2. The molecule has 168 valence electrons. The standard InChI is InChI=1S/C24H31NO4S2/c26-23(27)17-22(24(28)29)25(13-7-15-30-18-20-9-3-1-4-10-20)14-8-16-31-19-21-11-5-2-6-12-21/h1-6,9-12,22H,7-8,13-19H2,(H,26,27)(H,28,29)/t22-/m0/s1. The average Bonchev–Trinajstić information content (AvgIpc) is 2.77. The Morgan fingerprint density at radius 1 is 0.774 bits per heavy atom. The molecule has 0 saturated carbocycles. The number of hydrogen-bond acceptors (Lipinski definition) is 5. The number of carbonyl (C=O) groups is 2. The van der Waals surface area contributed by atoms with Crippen LogP contribution in [0.4, 0.5) is 0 Å².